The number of hydrogen-bond acceptors (Lipinski definition) is 5. The van der Waals surface area contributed by atoms with E-state index >= 15 is 0 Å². The fourth-order valence-corrected chi connectivity index (χ4v) is 3.93. The zero-order chi connectivity index (χ0) is 16.5. The average Bonchev–Trinajstić information content (AvgIpc) is 3.03. The van der Waals surface area contributed by atoms with E-state index in [1.165, 1.54) is 11.8 Å². The molecule has 0 atom stereocenters. The molecule has 0 bridgehead atoms. The summed E-state index contributed by atoms with van der Waals surface area (Å²) in [6, 6.07) is 9.21. The van der Waals surface area contributed by atoms with Crippen LogP contribution < -0.4 is 5.56 Å². The van der Waals surface area contributed by atoms with Gasteiger partial charge in [0.25, 0.3) is 5.56 Å². The Morgan fingerprint density at radius 1 is 1.17 bits per heavy atom. The van der Waals surface area contributed by atoms with E-state index in [2.05, 4.69) is 15.2 Å². The van der Waals surface area contributed by atoms with E-state index in [0.717, 1.165) is 36.9 Å². The molecule has 0 amide bonds. The van der Waals surface area contributed by atoms with Crippen LogP contribution in [0.4, 0.5) is 0 Å². The number of nitrogens with one attached hydrogen (secondary N) is 1. The molecule has 1 aromatic carbocycles. The van der Waals surface area contributed by atoms with Crippen LogP contribution in [0.1, 0.15) is 34.5 Å². The van der Waals surface area contributed by atoms with Gasteiger partial charge in [-0.2, -0.15) is 0 Å². The predicted octanol–water partition coefficient (Wildman–Crippen LogP) is 2.27. The molecular formula is C17H16N4O2S. The molecule has 0 saturated heterocycles. The molecule has 1 aliphatic rings. The van der Waals surface area contributed by atoms with Gasteiger partial charge in [0.15, 0.2) is 10.9 Å². The Labute approximate surface area is 142 Å². The Balaban J connectivity index is 1.66. The summed E-state index contributed by atoms with van der Waals surface area (Å²) < 4.78 is 1.90. The minimum atomic E-state index is -0.0680. The molecule has 7 heteroatoms. The molecular weight excluding hydrogens is 324 g/mol. The third-order valence-electron chi connectivity index (χ3n) is 4.27. The minimum Gasteiger partial charge on any atom is -0.293 e. The first-order chi connectivity index (χ1) is 11.7. The summed E-state index contributed by atoms with van der Waals surface area (Å²) in [6.45, 7) is 0. The molecule has 0 spiro atoms. The number of ketones is 1. The summed E-state index contributed by atoms with van der Waals surface area (Å²) in [5.74, 6) is 0.796. The molecule has 3 aromatic rings. The molecule has 0 aliphatic heterocycles. The highest BCUT2D eigenvalue weighted by Crippen LogP contribution is 2.24. The van der Waals surface area contributed by atoms with E-state index in [1.54, 1.807) is 0 Å². The highest BCUT2D eigenvalue weighted by atomic mass is 32.2. The predicted molar refractivity (Wildman–Crippen MR) is 91.7 cm³/mol. The number of carbonyl (C=O) groups excluding carboxylic acids is 1. The normalized spacial score (nSPS) is 13.8. The second kappa shape index (κ2) is 6.24. The molecule has 2 heterocycles. The first kappa shape index (κ1) is 15.1. The van der Waals surface area contributed by atoms with Crippen LogP contribution in [0.15, 0.2) is 40.3 Å². The van der Waals surface area contributed by atoms with Crippen molar-refractivity contribution in [2.24, 2.45) is 0 Å². The molecule has 6 nitrogen and oxygen atoms in total. The van der Waals surface area contributed by atoms with Crippen LogP contribution in [0.5, 0.6) is 0 Å². The van der Waals surface area contributed by atoms with Gasteiger partial charge in [0.2, 0.25) is 5.78 Å². The van der Waals surface area contributed by atoms with Crippen molar-refractivity contribution in [3.05, 3.63) is 57.5 Å². The molecule has 122 valence electrons. The number of Topliss-reactive ketones (excluding diaryl/α,β-unsaturated/α-hetero) is 1. The molecule has 2 aromatic heterocycles. The highest BCUT2D eigenvalue weighted by molar-refractivity contribution is 7.99. The van der Waals surface area contributed by atoms with Gasteiger partial charge in [0.05, 0.1) is 5.75 Å². The number of fused-ring (bicyclic) bond motifs is 3. The van der Waals surface area contributed by atoms with Crippen LogP contribution in [0, 0.1) is 0 Å². The summed E-state index contributed by atoms with van der Waals surface area (Å²) in [5.41, 5.74) is 2.43. The van der Waals surface area contributed by atoms with Crippen molar-refractivity contribution in [1.82, 2.24) is 19.6 Å². The molecule has 4 rings (SSSR count). The maximum Gasteiger partial charge on any atom is 0.255 e. The van der Waals surface area contributed by atoms with Gasteiger partial charge in [0.1, 0.15) is 0 Å². The SMILES string of the molecule is O=C(CSc1nnc2[nH]c(=O)c3c(n12)CCCC3)c1ccccc1. The lowest BCUT2D eigenvalue weighted by Gasteiger charge is -2.16. The van der Waals surface area contributed by atoms with Crippen molar-refractivity contribution in [2.75, 3.05) is 5.75 Å². The summed E-state index contributed by atoms with van der Waals surface area (Å²) in [4.78, 5) is 27.2. The number of carbonyl (C=O) groups is 1. The van der Waals surface area contributed by atoms with Gasteiger partial charge in [0, 0.05) is 16.8 Å². The number of thioether (sulfide) groups is 1. The molecule has 24 heavy (non-hydrogen) atoms. The van der Waals surface area contributed by atoms with Gasteiger partial charge in [-0.3, -0.25) is 19.0 Å². The quantitative estimate of drug-likeness (QED) is 0.582. The third kappa shape index (κ3) is 2.65. The standard InChI is InChI=1S/C17H16N4O2S/c22-14(11-6-2-1-3-7-11)10-24-17-20-19-16-18-15(23)12-8-4-5-9-13(12)21(16)17/h1-3,6-7H,4-5,8-10H2,(H,18,19,23). The Morgan fingerprint density at radius 3 is 2.79 bits per heavy atom. The van der Waals surface area contributed by atoms with Crippen LogP contribution >= 0.6 is 11.8 Å². The fraction of sp³-hybridized carbons (Fsp3) is 0.294. The minimum absolute atomic E-state index is 0.0515. The maximum atomic E-state index is 12.3. The van der Waals surface area contributed by atoms with E-state index in [0.29, 0.717) is 22.3 Å². The second-order valence-electron chi connectivity index (χ2n) is 5.81. The van der Waals surface area contributed by atoms with Crippen molar-refractivity contribution in [3.8, 4) is 0 Å². The van der Waals surface area contributed by atoms with Gasteiger partial charge in [-0.1, -0.05) is 42.1 Å². The Kier molecular flexibility index (Phi) is 3.93. The maximum absolute atomic E-state index is 12.3. The fourth-order valence-electron chi connectivity index (χ4n) is 3.08. The first-order valence-corrected chi connectivity index (χ1v) is 8.93. The Bertz CT molecular complexity index is 962. The number of benzene rings is 1. The van der Waals surface area contributed by atoms with Crippen LogP contribution in [0.2, 0.25) is 0 Å². The zero-order valence-electron chi connectivity index (χ0n) is 13.0. The lowest BCUT2D eigenvalue weighted by Crippen LogP contribution is -2.23. The Hall–Kier alpha value is -2.41. The lowest BCUT2D eigenvalue weighted by atomic mass is 9.97. The third-order valence-corrected chi connectivity index (χ3v) is 5.20. The number of aryl methyl sites for hydroxylation is 1. The molecule has 0 radical (unpaired) electrons. The first-order valence-electron chi connectivity index (χ1n) is 7.94. The number of aromatic nitrogens is 4. The van der Waals surface area contributed by atoms with Gasteiger partial charge >= 0.3 is 0 Å². The van der Waals surface area contributed by atoms with Crippen LogP contribution in [0.25, 0.3) is 5.78 Å². The topological polar surface area (TPSA) is 80.1 Å². The summed E-state index contributed by atoms with van der Waals surface area (Å²) in [7, 11) is 0. The number of H-pyrrole nitrogens is 1. The van der Waals surface area contributed by atoms with Crippen molar-refractivity contribution < 1.29 is 4.79 Å². The number of nitrogens with zero attached hydrogens (tertiary/aromatic N) is 3. The molecule has 0 fully saturated rings. The van der Waals surface area contributed by atoms with Crippen molar-refractivity contribution in [2.45, 2.75) is 30.8 Å². The molecule has 1 aliphatic carbocycles. The smallest absolute Gasteiger partial charge is 0.255 e. The second-order valence-corrected chi connectivity index (χ2v) is 6.75. The number of aromatic amines is 1. The Morgan fingerprint density at radius 2 is 1.96 bits per heavy atom. The zero-order valence-corrected chi connectivity index (χ0v) is 13.8. The monoisotopic (exact) mass is 340 g/mol. The largest absolute Gasteiger partial charge is 0.293 e. The van der Waals surface area contributed by atoms with Gasteiger partial charge in [-0.05, 0) is 25.7 Å². The number of rotatable bonds is 4. The summed E-state index contributed by atoms with van der Waals surface area (Å²) >= 11 is 1.36. The van der Waals surface area contributed by atoms with Gasteiger partial charge in [-0.25, -0.2) is 0 Å². The van der Waals surface area contributed by atoms with E-state index in [4.69, 9.17) is 0 Å². The number of hydrogen-bond donors (Lipinski definition) is 1. The summed E-state index contributed by atoms with van der Waals surface area (Å²) in [5, 5.41) is 8.88. The van der Waals surface area contributed by atoms with E-state index in [1.807, 2.05) is 34.7 Å². The van der Waals surface area contributed by atoms with E-state index in [9.17, 15) is 9.59 Å². The van der Waals surface area contributed by atoms with Gasteiger partial charge < -0.3 is 0 Å². The van der Waals surface area contributed by atoms with Gasteiger partial charge in [-0.15, -0.1) is 10.2 Å². The average molecular weight is 340 g/mol. The molecule has 0 saturated carbocycles. The van der Waals surface area contributed by atoms with Crippen molar-refractivity contribution in [1.29, 1.82) is 0 Å². The van der Waals surface area contributed by atoms with Crippen LogP contribution in [-0.2, 0) is 12.8 Å². The summed E-state index contributed by atoms with van der Waals surface area (Å²) in [6.07, 6.45) is 3.70. The van der Waals surface area contributed by atoms with Crippen molar-refractivity contribution in [3.63, 3.8) is 0 Å². The van der Waals surface area contributed by atoms with E-state index in [-0.39, 0.29) is 11.3 Å². The van der Waals surface area contributed by atoms with E-state index < -0.39 is 0 Å². The molecule has 0 unspecified atom stereocenters. The lowest BCUT2D eigenvalue weighted by molar-refractivity contribution is 0.102. The van der Waals surface area contributed by atoms with Crippen LogP contribution in [-0.4, -0.2) is 31.1 Å². The molecule has 1 N–H and O–H groups in total. The van der Waals surface area contributed by atoms with Crippen LogP contribution in [0.3, 0.4) is 0 Å². The van der Waals surface area contributed by atoms with Crippen molar-refractivity contribution >= 4 is 23.3 Å². The highest BCUT2D eigenvalue weighted by Gasteiger charge is 2.20.